The molecule has 0 heterocycles. The van der Waals surface area contributed by atoms with E-state index in [9.17, 15) is 8.78 Å². The Kier molecular flexibility index (Phi) is 3.74. The van der Waals surface area contributed by atoms with Crippen LogP contribution >= 0.6 is 15.9 Å². The fourth-order valence-corrected chi connectivity index (χ4v) is 1.66. The third-order valence-corrected chi connectivity index (χ3v) is 2.97. The van der Waals surface area contributed by atoms with Crippen molar-refractivity contribution < 1.29 is 8.78 Å². The molecular weight excluding hydrogens is 288 g/mol. The fourth-order valence-electron chi connectivity index (χ4n) is 1.41. The molecule has 0 unspecified atom stereocenters. The van der Waals surface area contributed by atoms with E-state index in [1.165, 1.54) is 18.2 Å². The first kappa shape index (κ1) is 12.0. The van der Waals surface area contributed by atoms with E-state index in [4.69, 9.17) is 0 Å². The van der Waals surface area contributed by atoms with E-state index in [-0.39, 0.29) is 11.6 Å². The minimum Gasteiger partial charge on any atom is -0.381 e. The Hall–Kier alpha value is -1.42. The number of benzene rings is 2. The molecule has 0 spiro atoms. The van der Waals surface area contributed by atoms with Crippen molar-refractivity contribution in [2.75, 3.05) is 5.32 Å². The lowest BCUT2D eigenvalue weighted by molar-refractivity contribution is 0.621. The van der Waals surface area contributed by atoms with E-state index in [1.54, 1.807) is 24.3 Å². The average Bonchev–Trinajstić information content (AvgIpc) is 2.33. The molecule has 17 heavy (non-hydrogen) atoms. The molecule has 0 saturated carbocycles. The van der Waals surface area contributed by atoms with Crippen molar-refractivity contribution in [3.05, 3.63) is 64.1 Å². The number of hydrogen-bond acceptors (Lipinski definition) is 1. The van der Waals surface area contributed by atoms with Gasteiger partial charge >= 0.3 is 0 Å². The Labute approximate surface area is 107 Å². The van der Waals surface area contributed by atoms with Crippen molar-refractivity contribution in [1.82, 2.24) is 0 Å². The largest absolute Gasteiger partial charge is 0.381 e. The Morgan fingerprint density at radius 2 is 1.71 bits per heavy atom. The molecule has 0 radical (unpaired) electrons. The first-order valence-electron chi connectivity index (χ1n) is 5.08. The van der Waals surface area contributed by atoms with Gasteiger partial charge < -0.3 is 5.32 Å². The average molecular weight is 298 g/mol. The molecule has 2 rings (SSSR count). The molecule has 0 aliphatic heterocycles. The van der Waals surface area contributed by atoms with Gasteiger partial charge in [-0.25, -0.2) is 8.78 Å². The van der Waals surface area contributed by atoms with E-state index in [2.05, 4.69) is 21.2 Å². The zero-order chi connectivity index (χ0) is 12.3. The van der Waals surface area contributed by atoms with Crippen molar-refractivity contribution in [3.8, 4) is 0 Å². The van der Waals surface area contributed by atoms with E-state index < -0.39 is 0 Å². The van der Waals surface area contributed by atoms with Gasteiger partial charge in [-0.15, -0.1) is 0 Å². The standard InChI is InChI=1S/C13H10BrF2N/c14-12-6-5-11(7-13(12)16)17-8-9-1-3-10(15)4-2-9/h1-7,17H,8H2. The van der Waals surface area contributed by atoms with E-state index >= 15 is 0 Å². The van der Waals surface area contributed by atoms with Gasteiger partial charge in [-0.2, -0.15) is 0 Å². The van der Waals surface area contributed by atoms with Crippen LogP contribution in [-0.2, 0) is 6.54 Å². The molecule has 1 N–H and O–H groups in total. The summed E-state index contributed by atoms with van der Waals surface area (Å²) in [5.74, 6) is -0.572. The molecule has 2 aromatic rings. The van der Waals surface area contributed by atoms with Gasteiger partial charge in [0, 0.05) is 12.2 Å². The molecule has 2 aromatic carbocycles. The van der Waals surface area contributed by atoms with E-state index in [1.807, 2.05) is 0 Å². The summed E-state index contributed by atoms with van der Waals surface area (Å²) in [4.78, 5) is 0. The highest BCUT2D eigenvalue weighted by Crippen LogP contribution is 2.19. The quantitative estimate of drug-likeness (QED) is 0.889. The van der Waals surface area contributed by atoms with Gasteiger partial charge in [-0.3, -0.25) is 0 Å². The normalized spacial score (nSPS) is 10.3. The third kappa shape index (κ3) is 3.27. The number of anilines is 1. The predicted octanol–water partition coefficient (Wildman–Crippen LogP) is 4.34. The molecule has 88 valence electrons. The molecule has 0 amide bonds. The summed E-state index contributed by atoms with van der Waals surface area (Å²) in [7, 11) is 0. The minimum atomic E-state index is -0.311. The third-order valence-electron chi connectivity index (χ3n) is 2.33. The van der Waals surface area contributed by atoms with Gasteiger partial charge in [0.25, 0.3) is 0 Å². The maximum atomic E-state index is 13.2. The molecule has 0 aliphatic rings. The van der Waals surface area contributed by atoms with Gasteiger partial charge in [0.05, 0.1) is 4.47 Å². The lowest BCUT2D eigenvalue weighted by Crippen LogP contribution is -1.99. The molecule has 4 heteroatoms. The monoisotopic (exact) mass is 297 g/mol. The summed E-state index contributed by atoms with van der Waals surface area (Å²) in [6.45, 7) is 0.529. The summed E-state index contributed by atoms with van der Waals surface area (Å²) in [5.41, 5.74) is 1.63. The van der Waals surface area contributed by atoms with Crippen LogP contribution in [0.4, 0.5) is 14.5 Å². The van der Waals surface area contributed by atoms with Gasteiger partial charge in [0.1, 0.15) is 11.6 Å². The second kappa shape index (κ2) is 5.27. The van der Waals surface area contributed by atoms with Crippen molar-refractivity contribution in [2.45, 2.75) is 6.54 Å². The first-order valence-corrected chi connectivity index (χ1v) is 5.88. The molecule has 0 bridgehead atoms. The van der Waals surface area contributed by atoms with Crippen LogP contribution in [0.3, 0.4) is 0 Å². The summed E-state index contributed by atoms with van der Waals surface area (Å²) >= 11 is 3.09. The second-order valence-corrected chi connectivity index (χ2v) is 4.46. The van der Waals surface area contributed by atoms with Crippen LogP contribution in [-0.4, -0.2) is 0 Å². The van der Waals surface area contributed by atoms with E-state index in [0.29, 0.717) is 16.7 Å². The van der Waals surface area contributed by atoms with Crippen LogP contribution in [0.5, 0.6) is 0 Å². The smallest absolute Gasteiger partial charge is 0.139 e. The van der Waals surface area contributed by atoms with Crippen molar-refractivity contribution in [2.24, 2.45) is 0 Å². The van der Waals surface area contributed by atoms with Crippen LogP contribution in [0.2, 0.25) is 0 Å². The van der Waals surface area contributed by atoms with E-state index in [0.717, 1.165) is 5.56 Å². The second-order valence-electron chi connectivity index (χ2n) is 3.61. The summed E-state index contributed by atoms with van der Waals surface area (Å²) in [6, 6.07) is 11.0. The molecule has 0 saturated heterocycles. The minimum absolute atomic E-state index is 0.261. The van der Waals surface area contributed by atoms with Crippen LogP contribution in [0.15, 0.2) is 46.9 Å². The Morgan fingerprint density at radius 3 is 2.35 bits per heavy atom. The zero-order valence-corrected chi connectivity index (χ0v) is 10.5. The maximum absolute atomic E-state index is 13.2. The van der Waals surface area contributed by atoms with Crippen molar-refractivity contribution in [1.29, 1.82) is 0 Å². The maximum Gasteiger partial charge on any atom is 0.139 e. The zero-order valence-electron chi connectivity index (χ0n) is 8.88. The highest BCUT2D eigenvalue weighted by Gasteiger charge is 2.00. The van der Waals surface area contributed by atoms with Crippen LogP contribution in [0.25, 0.3) is 0 Å². The summed E-state index contributed by atoms with van der Waals surface area (Å²) < 4.78 is 26.3. The van der Waals surface area contributed by atoms with Crippen LogP contribution in [0, 0.1) is 11.6 Å². The molecular formula is C13H10BrF2N. The van der Waals surface area contributed by atoms with Crippen LogP contribution < -0.4 is 5.32 Å². The van der Waals surface area contributed by atoms with Crippen LogP contribution in [0.1, 0.15) is 5.56 Å². The van der Waals surface area contributed by atoms with Gasteiger partial charge in [-0.1, -0.05) is 12.1 Å². The number of nitrogens with one attached hydrogen (secondary N) is 1. The lowest BCUT2D eigenvalue weighted by Gasteiger charge is -2.07. The van der Waals surface area contributed by atoms with Gasteiger partial charge in [0.2, 0.25) is 0 Å². The highest BCUT2D eigenvalue weighted by atomic mass is 79.9. The molecule has 0 aromatic heterocycles. The Morgan fingerprint density at radius 1 is 1.00 bits per heavy atom. The fraction of sp³-hybridized carbons (Fsp3) is 0.0769. The number of hydrogen-bond donors (Lipinski definition) is 1. The van der Waals surface area contributed by atoms with Gasteiger partial charge in [0.15, 0.2) is 0 Å². The molecule has 0 fully saturated rings. The number of rotatable bonds is 3. The predicted molar refractivity (Wildman–Crippen MR) is 67.8 cm³/mol. The lowest BCUT2D eigenvalue weighted by atomic mass is 10.2. The first-order chi connectivity index (χ1) is 8.15. The summed E-state index contributed by atoms with van der Waals surface area (Å²) in [6.07, 6.45) is 0. The Balaban J connectivity index is 2.02. The Bertz CT molecular complexity index is 511. The molecule has 0 aliphatic carbocycles. The number of halogens is 3. The van der Waals surface area contributed by atoms with Gasteiger partial charge in [-0.05, 0) is 51.8 Å². The molecule has 0 atom stereocenters. The van der Waals surface area contributed by atoms with Crippen molar-refractivity contribution >= 4 is 21.6 Å². The molecule has 1 nitrogen and oxygen atoms in total. The highest BCUT2D eigenvalue weighted by molar-refractivity contribution is 9.10. The van der Waals surface area contributed by atoms with Crippen molar-refractivity contribution in [3.63, 3.8) is 0 Å². The SMILES string of the molecule is Fc1ccc(CNc2ccc(Br)c(F)c2)cc1. The topological polar surface area (TPSA) is 12.0 Å². The summed E-state index contributed by atoms with van der Waals surface area (Å²) in [5, 5.41) is 3.07.